The summed E-state index contributed by atoms with van der Waals surface area (Å²) in [5.74, 6) is 0.940. The minimum atomic E-state index is -0.174. The second kappa shape index (κ2) is 10.5. The number of rotatable bonds is 7. The molecule has 1 heterocycles. The Morgan fingerprint density at radius 2 is 1.39 bits per heavy atom. The molecule has 1 unspecified atom stereocenters. The molecule has 0 fully saturated rings. The van der Waals surface area contributed by atoms with Gasteiger partial charge < -0.3 is 4.90 Å². The number of unbranched alkanes of at least 4 members (excludes halogenated alkanes) is 1. The Kier molecular flexibility index (Phi) is 8.51. The molecule has 0 radical (unpaired) electrons. The molecule has 1 atom stereocenters. The fourth-order valence-corrected chi connectivity index (χ4v) is 3.97. The lowest BCUT2D eigenvalue weighted by molar-refractivity contribution is -0.114. The molecule has 0 saturated heterocycles. The van der Waals surface area contributed by atoms with Gasteiger partial charge in [0, 0.05) is 30.1 Å². The summed E-state index contributed by atoms with van der Waals surface area (Å²) in [5.41, 5.74) is 3.71. The van der Waals surface area contributed by atoms with Gasteiger partial charge in [-0.25, -0.2) is 0 Å². The number of hydrogen-bond donors (Lipinski definition) is 0. The van der Waals surface area contributed by atoms with Crippen molar-refractivity contribution in [2.75, 3.05) is 6.54 Å². The SMILES string of the molecule is CCCCC(CC)CN1C=CC(=CC=C2C=C(C(C)(C)C)C(=O)C(C(C)(C)C)=C2)C=C1. The van der Waals surface area contributed by atoms with Gasteiger partial charge >= 0.3 is 0 Å². The van der Waals surface area contributed by atoms with Crippen molar-refractivity contribution in [3.63, 3.8) is 0 Å². The molecule has 2 rings (SSSR count). The third-order valence-electron chi connectivity index (χ3n) is 6.12. The van der Waals surface area contributed by atoms with E-state index in [1.165, 1.54) is 31.3 Å². The van der Waals surface area contributed by atoms with Crippen LogP contribution >= 0.6 is 0 Å². The minimum absolute atomic E-state index is 0.174. The van der Waals surface area contributed by atoms with Crippen molar-refractivity contribution in [3.05, 3.63) is 71.1 Å². The van der Waals surface area contributed by atoms with Crippen LogP contribution in [0.25, 0.3) is 0 Å². The van der Waals surface area contributed by atoms with Crippen LogP contribution < -0.4 is 0 Å². The van der Waals surface area contributed by atoms with Crippen LogP contribution in [0.4, 0.5) is 0 Å². The number of allylic oxidation sites excluding steroid dienone is 10. The molecule has 0 aromatic carbocycles. The zero-order chi connectivity index (χ0) is 23.2. The number of carbonyl (C=O) groups is 1. The third-order valence-corrected chi connectivity index (χ3v) is 6.12. The molecule has 0 bridgehead atoms. The maximum Gasteiger partial charge on any atom is 0.186 e. The standard InChI is InChI=1S/C29H43NO/c1-9-11-12-22(10-2)21-30-17-15-23(16-18-30)13-14-24-19-25(28(3,4)5)27(31)26(20-24)29(6,7)8/h13-20,22H,9-12,21H2,1-8H3. The molecule has 1 aliphatic heterocycles. The zero-order valence-corrected chi connectivity index (χ0v) is 21.1. The predicted octanol–water partition coefficient (Wildman–Crippen LogP) is 7.93. The fourth-order valence-electron chi connectivity index (χ4n) is 3.97. The van der Waals surface area contributed by atoms with Crippen LogP contribution in [0.5, 0.6) is 0 Å². The minimum Gasteiger partial charge on any atom is -0.354 e. The maximum atomic E-state index is 13.1. The average Bonchev–Trinajstić information content (AvgIpc) is 2.69. The molecule has 0 N–H and O–H groups in total. The van der Waals surface area contributed by atoms with Gasteiger partial charge in [-0.1, -0.05) is 86.8 Å². The molecule has 0 aromatic rings. The molecule has 31 heavy (non-hydrogen) atoms. The van der Waals surface area contributed by atoms with Gasteiger partial charge in [-0.3, -0.25) is 4.79 Å². The highest BCUT2D eigenvalue weighted by atomic mass is 16.1. The van der Waals surface area contributed by atoms with Gasteiger partial charge in [-0.15, -0.1) is 0 Å². The topological polar surface area (TPSA) is 20.3 Å². The van der Waals surface area contributed by atoms with Crippen molar-refractivity contribution in [1.82, 2.24) is 4.90 Å². The second-order valence-electron chi connectivity index (χ2n) is 11.0. The fraction of sp³-hybridized carbons (Fsp3) is 0.552. The Labute approximate surface area is 191 Å². The number of carbonyl (C=O) groups excluding carboxylic acids is 1. The van der Waals surface area contributed by atoms with Crippen molar-refractivity contribution >= 4 is 5.78 Å². The maximum absolute atomic E-state index is 13.1. The lowest BCUT2D eigenvalue weighted by Gasteiger charge is -2.31. The van der Waals surface area contributed by atoms with E-state index in [-0.39, 0.29) is 16.6 Å². The number of ketones is 1. The van der Waals surface area contributed by atoms with Gasteiger partial charge in [-0.2, -0.15) is 0 Å². The first kappa shape index (κ1) is 25.2. The molecule has 170 valence electrons. The molecular weight excluding hydrogens is 378 g/mol. The third kappa shape index (κ3) is 7.23. The lowest BCUT2D eigenvalue weighted by Crippen LogP contribution is -2.27. The molecular formula is C29H43NO. The monoisotopic (exact) mass is 421 g/mol. The Balaban J connectivity index is 2.19. The van der Waals surface area contributed by atoms with Crippen LogP contribution in [-0.2, 0) is 4.79 Å². The molecule has 2 nitrogen and oxygen atoms in total. The summed E-state index contributed by atoms with van der Waals surface area (Å²) < 4.78 is 0. The Bertz CT molecular complexity index is 779. The van der Waals surface area contributed by atoms with E-state index >= 15 is 0 Å². The van der Waals surface area contributed by atoms with E-state index in [4.69, 9.17) is 0 Å². The van der Waals surface area contributed by atoms with E-state index in [9.17, 15) is 4.79 Å². The van der Waals surface area contributed by atoms with E-state index in [2.05, 4.69) is 109 Å². The molecule has 1 aliphatic carbocycles. The predicted molar refractivity (Wildman–Crippen MR) is 135 cm³/mol. The van der Waals surface area contributed by atoms with Gasteiger partial charge in [-0.05, 0) is 58.6 Å². The van der Waals surface area contributed by atoms with Gasteiger partial charge in [0.25, 0.3) is 0 Å². The van der Waals surface area contributed by atoms with Crippen molar-refractivity contribution in [2.24, 2.45) is 16.7 Å². The second-order valence-corrected chi connectivity index (χ2v) is 11.0. The Morgan fingerprint density at radius 1 is 0.871 bits per heavy atom. The van der Waals surface area contributed by atoms with Gasteiger partial charge in [0.1, 0.15) is 0 Å². The Morgan fingerprint density at radius 3 is 1.84 bits per heavy atom. The average molecular weight is 422 g/mol. The molecule has 0 aromatic heterocycles. The summed E-state index contributed by atoms with van der Waals surface area (Å²) in [4.78, 5) is 15.4. The number of nitrogens with zero attached hydrogens (tertiary/aromatic N) is 1. The van der Waals surface area contributed by atoms with E-state index < -0.39 is 0 Å². The first-order valence-corrected chi connectivity index (χ1v) is 12.0. The van der Waals surface area contributed by atoms with Crippen molar-refractivity contribution in [3.8, 4) is 0 Å². The molecule has 0 saturated carbocycles. The molecule has 2 heteroatoms. The van der Waals surface area contributed by atoms with Crippen LogP contribution in [0.1, 0.15) is 81.1 Å². The molecule has 0 spiro atoms. The smallest absolute Gasteiger partial charge is 0.186 e. The summed E-state index contributed by atoms with van der Waals surface area (Å²) in [6, 6.07) is 0. The van der Waals surface area contributed by atoms with Gasteiger partial charge in [0.2, 0.25) is 0 Å². The highest BCUT2D eigenvalue weighted by Crippen LogP contribution is 2.38. The Hall–Kier alpha value is -2.09. The van der Waals surface area contributed by atoms with Crippen molar-refractivity contribution in [1.29, 1.82) is 0 Å². The summed E-state index contributed by atoms with van der Waals surface area (Å²) in [5, 5.41) is 0. The number of hydrogen-bond acceptors (Lipinski definition) is 2. The van der Waals surface area contributed by atoms with Crippen molar-refractivity contribution in [2.45, 2.75) is 81.1 Å². The summed E-state index contributed by atoms with van der Waals surface area (Å²) in [7, 11) is 0. The van der Waals surface area contributed by atoms with Crippen LogP contribution in [-0.4, -0.2) is 17.2 Å². The summed E-state index contributed by atoms with van der Waals surface area (Å²) >= 11 is 0. The number of Topliss-reactive ketones (excluding diaryl/α,β-unsaturated/α-hetero) is 1. The largest absolute Gasteiger partial charge is 0.354 e. The highest BCUT2D eigenvalue weighted by Gasteiger charge is 2.33. The first-order chi connectivity index (χ1) is 14.5. The van der Waals surface area contributed by atoms with E-state index in [1.807, 2.05) is 0 Å². The normalized spacial score (nSPS) is 18.2. The molecule has 2 aliphatic rings. The van der Waals surface area contributed by atoms with E-state index in [1.54, 1.807) is 0 Å². The van der Waals surface area contributed by atoms with Crippen LogP contribution in [0.3, 0.4) is 0 Å². The van der Waals surface area contributed by atoms with Gasteiger partial charge in [0.15, 0.2) is 5.78 Å². The summed E-state index contributed by atoms with van der Waals surface area (Å²) in [6.07, 6.45) is 22.3. The lowest BCUT2D eigenvalue weighted by atomic mass is 9.72. The zero-order valence-electron chi connectivity index (χ0n) is 21.1. The van der Waals surface area contributed by atoms with Gasteiger partial charge in [0.05, 0.1) is 0 Å². The molecule has 0 amide bonds. The van der Waals surface area contributed by atoms with E-state index in [0.29, 0.717) is 0 Å². The summed E-state index contributed by atoms with van der Waals surface area (Å²) in [6.45, 7) is 18.3. The highest BCUT2D eigenvalue weighted by molar-refractivity contribution is 6.11. The van der Waals surface area contributed by atoms with E-state index in [0.717, 1.165) is 29.2 Å². The van der Waals surface area contributed by atoms with Crippen molar-refractivity contribution < 1.29 is 4.79 Å². The van der Waals surface area contributed by atoms with Crippen LogP contribution in [0, 0.1) is 16.7 Å². The first-order valence-electron chi connectivity index (χ1n) is 12.0. The van der Waals surface area contributed by atoms with Crippen LogP contribution in [0.2, 0.25) is 0 Å². The quantitative estimate of drug-likeness (QED) is 0.416. The van der Waals surface area contributed by atoms with Crippen LogP contribution in [0.15, 0.2) is 71.1 Å².